The molecule has 0 fully saturated rings. The molecule has 0 N–H and O–H groups in total. The van der Waals surface area contributed by atoms with Crippen LogP contribution in [0.2, 0.25) is 0 Å². The van der Waals surface area contributed by atoms with Gasteiger partial charge in [-0.1, -0.05) is 61.2 Å². The van der Waals surface area contributed by atoms with Crippen molar-refractivity contribution >= 4 is 39.1 Å². The van der Waals surface area contributed by atoms with E-state index in [-0.39, 0.29) is 17.3 Å². The van der Waals surface area contributed by atoms with Crippen LogP contribution in [0.25, 0.3) is 16.0 Å². The highest BCUT2D eigenvalue weighted by Crippen LogP contribution is 2.27. The summed E-state index contributed by atoms with van der Waals surface area (Å²) < 4.78 is 17.9. The van der Waals surface area contributed by atoms with Crippen molar-refractivity contribution in [2.45, 2.75) is 30.3 Å². The molecule has 5 aromatic rings. The lowest BCUT2D eigenvalue weighted by atomic mass is 10.0. The highest BCUT2D eigenvalue weighted by Gasteiger charge is 2.19. The molecule has 156 valence electrons. The molecule has 0 spiro atoms. The Morgan fingerprint density at radius 3 is 2.74 bits per heavy atom. The summed E-state index contributed by atoms with van der Waals surface area (Å²) in [7, 11) is 0. The maximum Gasteiger partial charge on any atom is 0.272 e. The van der Waals surface area contributed by atoms with Gasteiger partial charge in [0.05, 0.1) is 5.52 Å². The molecule has 0 aliphatic carbocycles. The molecule has 0 radical (unpaired) electrons. The molecule has 0 amide bonds. The molecule has 3 aromatic heterocycles. The van der Waals surface area contributed by atoms with Crippen molar-refractivity contribution in [2.24, 2.45) is 0 Å². The van der Waals surface area contributed by atoms with E-state index in [0.29, 0.717) is 27.9 Å². The number of halogens is 1. The summed E-state index contributed by atoms with van der Waals surface area (Å²) >= 11 is 2.90. The molecule has 5 rings (SSSR count). The van der Waals surface area contributed by atoms with Crippen LogP contribution in [0.15, 0.2) is 76.0 Å². The predicted octanol–water partition coefficient (Wildman–Crippen LogP) is 5.34. The number of nitrogens with zero attached hydrogens (tertiary/aromatic N) is 4. The van der Waals surface area contributed by atoms with Crippen LogP contribution < -0.4 is 5.56 Å². The van der Waals surface area contributed by atoms with E-state index in [1.54, 1.807) is 10.6 Å². The van der Waals surface area contributed by atoms with Gasteiger partial charge in [0.25, 0.3) is 5.56 Å². The Balaban J connectivity index is 1.56. The summed E-state index contributed by atoms with van der Waals surface area (Å²) in [6.45, 7) is 2.61. The number of thioether (sulfide) groups is 1. The Morgan fingerprint density at radius 2 is 1.94 bits per heavy atom. The van der Waals surface area contributed by atoms with Crippen LogP contribution in [0.5, 0.6) is 0 Å². The van der Waals surface area contributed by atoms with Crippen LogP contribution in [0.1, 0.15) is 24.0 Å². The quantitative estimate of drug-likeness (QED) is 0.328. The highest BCUT2D eigenvalue weighted by molar-refractivity contribution is 7.98. The molecule has 0 saturated heterocycles. The normalized spacial score (nSPS) is 12.6. The first kappa shape index (κ1) is 20.0. The van der Waals surface area contributed by atoms with Crippen molar-refractivity contribution < 1.29 is 4.39 Å². The molecule has 0 aliphatic rings. The van der Waals surface area contributed by atoms with Crippen molar-refractivity contribution in [3.05, 3.63) is 93.3 Å². The number of benzene rings is 2. The lowest BCUT2D eigenvalue weighted by Crippen LogP contribution is -2.24. The third kappa shape index (κ3) is 3.77. The minimum atomic E-state index is -0.256. The molecule has 0 aliphatic heterocycles. The number of hydrogen-bond donors (Lipinski definition) is 0. The summed E-state index contributed by atoms with van der Waals surface area (Å²) in [5.74, 6) is 0.970. The summed E-state index contributed by atoms with van der Waals surface area (Å²) in [4.78, 5) is 13.2. The van der Waals surface area contributed by atoms with Crippen molar-refractivity contribution in [3.8, 4) is 0 Å². The fourth-order valence-electron chi connectivity index (χ4n) is 3.69. The number of rotatable bonds is 6. The molecule has 2 aromatic carbocycles. The molecular formula is C23H19FN4OS2. The van der Waals surface area contributed by atoms with E-state index in [4.69, 9.17) is 0 Å². The van der Waals surface area contributed by atoms with Gasteiger partial charge in [-0.15, -0.1) is 21.5 Å². The summed E-state index contributed by atoms with van der Waals surface area (Å²) in [6, 6.07) is 18.6. The van der Waals surface area contributed by atoms with Crippen LogP contribution in [0.3, 0.4) is 0 Å². The lowest BCUT2D eigenvalue weighted by Gasteiger charge is -2.15. The number of fused-ring (bicyclic) bond motifs is 3. The zero-order valence-electron chi connectivity index (χ0n) is 16.7. The van der Waals surface area contributed by atoms with Crippen molar-refractivity contribution in [3.63, 3.8) is 0 Å². The van der Waals surface area contributed by atoms with Crippen LogP contribution in [0.4, 0.5) is 4.39 Å². The molecule has 3 heterocycles. The first-order valence-electron chi connectivity index (χ1n) is 9.89. The average molecular weight is 451 g/mol. The Bertz CT molecular complexity index is 1420. The van der Waals surface area contributed by atoms with E-state index in [2.05, 4.69) is 29.3 Å². The Labute approximate surface area is 186 Å². The van der Waals surface area contributed by atoms with Gasteiger partial charge < -0.3 is 0 Å². The van der Waals surface area contributed by atoms with E-state index < -0.39 is 0 Å². The van der Waals surface area contributed by atoms with Crippen molar-refractivity contribution in [1.82, 2.24) is 19.2 Å². The largest absolute Gasteiger partial charge is 0.275 e. The van der Waals surface area contributed by atoms with E-state index in [9.17, 15) is 9.18 Å². The molecular weight excluding hydrogens is 431 g/mol. The monoisotopic (exact) mass is 450 g/mol. The van der Waals surface area contributed by atoms with Gasteiger partial charge in [-0.2, -0.15) is 0 Å². The minimum absolute atomic E-state index is 0.0469. The topological polar surface area (TPSA) is 52.2 Å². The Morgan fingerprint density at radius 1 is 1.10 bits per heavy atom. The second kappa shape index (κ2) is 8.28. The Hall–Kier alpha value is -2.97. The summed E-state index contributed by atoms with van der Waals surface area (Å²) in [5.41, 5.74) is 2.79. The van der Waals surface area contributed by atoms with Crippen LogP contribution >= 0.6 is 23.1 Å². The molecule has 1 atom stereocenters. The third-order valence-corrected chi connectivity index (χ3v) is 7.16. The molecule has 0 unspecified atom stereocenters. The van der Waals surface area contributed by atoms with Crippen LogP contribution in [-0.4, -0.2) is 19.2 Å². The van der Waals surface area contributed by atoms with E-state index in [0.717, 1.165) is 11.1 Å². The maximum atomic E-state index is 13.5. The van der Waals surface area contributed by atoms with Crippen molar-refractivity contribution in [2.75, 3.05) is 0 Å². The fraction of sp³-hybridized carbons (Fsp3) is 0.174. The van der Waals surface area contributed by atoms with Gasteiger partial charge >= 0.3 is 0 Å². The minimum Gasteiger partial charge on any atom is -0.275 e. The van der Waals surface area contributed by atoms with Gasteiger partial charge in [0, 0.05) is 12.3 Å². The average Bonchev–Trinajstić information content (AvgIpc) is 3.43. The zero-order chi connectivity index (χ0) is 21.4. The fourth-order valence-corrected chi connectivity index (χ4v) is 5.40. The molecule has 8 heteroatoms. The molecule has 5 nitrogen and oxygen atoms in total. The molecule has 31 heavy (non-hydrogen) atoms. The molecule has 0 saturated carbocycles. The van der Waals surface area contributed by atoms with Crippen LogP contribution in [0, 0.1) is 5.82 Å². The van der Waals surface area contributed by atoms with Gasteiger partial charge in [-0.25, -0.2) is 4.39 Å². The smallest absolute Gasteiger partial charge is 0.272 e. The van der Waals surface area contributed by atoms with Crippen LogP contribution in [-0.2, 0) is 12.3 Å². The van der Waals surface area contributed by atoms with Gasteiger partial charge in [0.2, 0.25) is 5.78 Å². The maximum absolute atomic E-state index is 13.5. The van der Waals surface area contributed by atoms with E-state index in [1.807, 2.05) is 40.1 Å². The van der Waals surface area contributed by atoms with E-state index >= 15 is 0 Å². The number of thiophene rings is 1. The SMILES string of the molecule is C[C@@H](Cn1c(=O)c2sccc2n2c(SCc3cccc(F)c3)nnc12)c1ccccc1. The highest BCUT2D eigenvalue weighted by atomic mass is 32.2. The first-order valence-corrected chi connectivity index (χ1v) is 11.8. The van der Waals surface area contributed by atoms with Gasteiger partial charge in [0.1, 0.15) is 10.5 Å². The van der Waals surface area contributed by atoms with E-state index in [1.165, 1.54) is 40.8 Å². The lowest BCUT2D eigenvalue weighted by molar-refractivity contribution is 0.588. The Kier molecular flexibility index (Phi) is 5.33. The standard InChI is InChI=1S/C23H19FN4OS2/c1-15(17-7-3-2-4-8-17)13-27-21(29)20-19(10-11-30-20)28-22(27)25-26-23(28)31-14-16-6-5-9-18(24)12-16/h2-12,15H,13-14H2,1H3/t15-/m0/s1. The van der Waals surface area contributed by atoms with Crippen molar-refractivity contribution in [1.29, 1.82) is 0 Å². The second-order valence-electron chi connectivity index (χ2n) is 7.40. The molecule has 0 bridgehead atoms. The first-order chi connectivity index (χ1) is 15.1. The van der Waals surface area contributed by atoms with Gasteiger partial charge in [0.15, 0.2) is 5.16 Å². The predicted molar refractivity (Wildman–Crippen MR) is 123 cm³/mol. The zero-order valence-corrected chi connectivity index (χ0v) is 18.4. The second-order valence-corrected chi connectivity index (χ2v) is 9.26. The summed E-state index contributed by atoms with van der Waals surface area (Å²) in [5, 5.41) is 11.3. The number of aromatic nitrogens is 4. The third-order valence-electron chi connectivity index (χ3n) is 5.26. The summed E-state index contributed by atoms with van der Waals surface area (Å²) in [6.07, 6.45) is 0. The van der Waals surface area contributed by atoms with Gasteiger partial charge in [-0.3, -0.25) is 13.8 Å². The number of hydrogen-bond acceptors (Lipinski definition) is 5. The van der Waals surface area contributed by atoms with Gasteiger partial charge in [-0.05, 0) is 40.6 Å².